The first-order chi connectivity index (χ1) is 16.3. The number of benzene rings is 5. The number of hydrogen-bond donors (Lipinski definition) is 0. The normalized spacial score (nSPS) is 10.6. The van der Waals surface area contributed by atoms with E-state index in [4.69, 9.17) is 4.74 Å². The Morgan fingerprint density at radius 3 is 1.42 bits per heavy atom. The van der Waals surface area contributed by atoms with Crippen molar-refractivity contribution in [3.63, 3.8) is 0 Å². The van der Waals surface area contributed by atoms with Gasteiger partial charge in [0.1, 0.15) is 11.5 Å². The summed E-state index contributed by atoms with van der Waals surface area (Å²) < 4.78 is 6.03. The Bertz CT molecular complexity index is 1290. The minimum Gasteiger partial charge on any atom is -0.457 e. The molecule has 0 saturated heterocycles. The second-order valence-corrected chi connectivity index (χ2v) is 7.99. The Balaban J connectivity index is 1.45. The molecule has 0 bridgehead atoms. The minimum absolute atomic E-state index is 0.815. The molecule has 2 heteroatoms. The predicted octanol–water partition coefficient (Wildman–Crippen LogP) is 8.92. The monoisotopic (exact) mass is 427 g/mol. The molecule has 0 aliphatic carbocycles. The zero-order chi connectivity index (χ0) is 22.5. The lowest BCUT2D eigenvalue weighted by Crippen LogP contribution is -2.09. The second kappa shape index (κ2) is 9.46. The summed E-state index contributed by atoms with van der Waals surface area (Å²) in [6, 6.07) is 45.9. The van der Waals surface area contributed by atoms with Gasteiger partial charge in [-0.2, -0.15) is 0 Å². The quantitative estimate of drug-likeness (QED) is 0.268. The molecule has 0 saturated carbocycles. The molecule has 0 aliphatic rings. The van der Waals surface area contributed by atoms with Crippen LogP contribution in [0.15, 0.2) is 133 Å². The van der Waals surface area contributed by atoms with E-state index in [-0.39, 0.29) is 0 Å². The number of anilines is 3. The number of aryl methyl sites for hydroxylation is 1. The molecular weight excluding hydrogens is 402 g/mol. The Labute approximate surface area is 195 Å². The molecule has 5 aromatic rings. The molecule has 0 radical (unpaired) electrons. The van der Waals surface area contributed by atoms with Crippen LogP contribution in [0.5, 0.6) is 11.5 Å². The van der Waals surface area contributed by atoms with Gasteiger partial charge >= 0.3 is 0 Å². The summed E-state index contributed by atoms with van der Waals surface area (Å²) in [5.41, 5.74) is 6.92. The Morgan fingerprint density at radius 1 is 0.424 bits per heavy atom. The van der Waals surface area contributed by atoms with Crippen molar-refractivity contribution in [1.82, 2.24) is 0 Å². The fourth-order valence-corrected chi connectivity index (χ4v) is 3.86. The first kappa shape index (κ1) is 20.6. The van der Waals surface area contributed by atoms with Gasteiger partial charge < -0.3 is 9.64 Å². The minimum atomic E-state index is 0.815. The van der Waals surface area contributed by atoms with Crippen molar-refractivity contribution in [2.24, 2.45) is 0 Å². The highest BCUT2D eigenvalue weighted by atomic mass is 16.5. The van der Waals surface area contributed by atoms with E-state index in [0.29, 0.717) is 0 Å². The molecule has 33 heavy (non-hydrogen) atoms. The predicted molar refractivity (Wildman–Crippen MR) is 138 cm³/mol. The first-order valence-corrected chi connectivity index (χ1v) is 11.1. The summed E-state index contributed by atoms with van der Waals surface area (Å²) in [7, 11) is 0. The van der Waals surface area contributed by atoms with Crippen LogP contribution in [0.3, 0.4) is 0 Å². The van der Waals surface area contributed by atoms with E-state index in [2.05, 4.69) is 109 Å². The van der Waals surface area contributed by atoms with Crippen molar-refractivity contribution in [3.8, 4) is 22.6 Å². The number of rotatable bonds is 6. The third kappa shape index (κ3) is 4.81. The van der Waals surface area contributed by atoms with Crippen LogP contribution in [-0.4, -0.2) is 0 Å². The highest BCUT2D eigenvalue weighted by Crippen LogP contribution is 2.36. The Morgan fingerprint density at radius 2 is 0.848 bits per heavy atom. The van der Waals surface area contributed by atoms with Gasteiger partial charge in [0.25, 0.3) is 0 Å². The van der Waals surface area contributed by atoms with Crippen LogP contribution in [0.25, 0.3) is 11.1 Å². The van der Waals surface area contributed by atoms with Crippen molar-refractivity contribution in [1.29, 1.82) is 0 Å². The summed E-state index contributed by atoms with van der Waals surface area (Å²) in [5.74, 6) is 1.65. The fourth-order valence-electron chi connectivity index (χ4n) is 3.86. The summed E-state index contributed by atoms with van der Waals surface area (Å²) in [6.07, 6.45) is 0. The van der Waals surface area contributed by atoms with E-state index in [1.807, 2.05) is 36.4 Å². The van der Waals surface area contributed by atoms with Crippen LogP contribution in [0, 0.1) is 6.92 Å². The molecule has 0 N–H and O–H groups in total. The van der Waals surface area contributed by atoms with Crippen LogP contribution >= 0.6 is 0 Å². The van der Waals surface area contributed by atoms with Gasteiger partial charge in [0, 0.05) is 17.1 Å². The average Bonchev–Trinajstić information content (AvgIpc) is 2.88. The molecule has 0 aliphatic heterocycles. The molecule has 160 valence electrons. The Kier molecular flexibility index (Phi) is 5.90. The van der Waals surface area contributed by atoms with Crippen LogP contribution in [-0.2, 0) is 0 Å². The third-order valence-corrected chi connectivity index (χ3v) is 5.60. The lowest BCUT2D eigenvalue weighted by molar-refractivity contribution is 0.482. The maximum absolute atomic E-state index is 6.03. The van der Waals surface area contributed by atoms with Gasteiger partial charge in [-0.1, -0.05) is 78.4 Å². The van der Waals surface area contributed by atoms with Crippen molar-refractivity contribution in [3.05, 3.63) is 139 Å². The molecule has 5 aromatic carbocycles. The van der Waals surface area contributed by atoms with E-state index in [0.717, 1.165) is 28.6 Å². The lowest BCUT2D eigenvalue weighted by Gasteiger charge is -2.25. The molecule has 0 atom stereocenters. The van der Waals surface area contributed by atoms with Crippen LogP contribution in [0.2, 0.25) is 0 Å². The highest BCUT2D eigenvalue weighted by Gasteiger charge is 2.12. The van der Waals surface area contributed by atoms with Gasteiger partial charge in [-0.15, -0.1) is 0 Å². The molecule has 0 fully saturated rings. The van der Waals surface area contributed by atoms with Gasteiger partial charge in [0.2, 0.25) is 0 Å². The summed E-state index contributed by atoms with van der Waals surface area (Å²) in [4.78, 5) is 2.25. The van der Waals surface area contributed by atoms with Crippen molar-refractivity contribution in [2.75, 3.05) is 4.90 Å². The summed E-state index contributed by atoms with van der Waals surface area (Å²) >= 11 is 0. The van der Waals surface area contributed by atoms with E-state index in [1.165, 1.54) is 16.7 Å². The van der Waals surface area contributed by atoms with E-state index >= 15 is 0 Å². The van der Waals surface area contributed by atoms with Crippen molar-refractivity contribution in [2.45, 2.75) is 6.92 Å². The van der Waals surface area contributed by atoms with E-state index < -0.39 is 0 Å². The molecule has 0 aromatic heterocycles. The maximum atomic E-state index is 6.03. The second-order valence-electron chi connectivity index (χ2n) is 7.99. The van der Waals surface area contributed by atoms with Gasteiger partial charge in [-0.3, -0.25) is 0 Å². The van der Waals surface area contributed by atoms with Crippen LogP contribution in [0.4, 0.5) is 17.1 Å². The molecule has 5 rings (SSSR count). The van der Waals surface area contributed by atoms with Crippen molar-refractivity contribution >= 4 is 17.1 Å². The van der Waals surface area contributed by atoms with E-state index in [1.54, 1.807) is 0 Å². The molecule has 0 spiro atoms. The average molecular weight is 428 g/mol. The van der Waals surface area contributed by atoms with Gasteiger partial charge in [0.15, 0.2) is 0 Å². The van der Waals surface area contributed by atoms with Gasteiger partial charge in [-0.05, 0) is 78.7 Å². The first-order valence-electron chi connectivity index (χ1n) is 11.1. The highest BCUT2D eigenvalue weighted by molar-refractivity contribution is 5.78. The maximum Gasteiger partial charge on any atom is 0.127 e. The molecule has 0 unspecified atom stereocenters. The summed E-state index contributed by atoms with van der Waals surface area (Å²) in [5, 5.41) is 0. The smallest absolute Gasteiger partial charge is 0.127 e. The topological polar surface area (TPSA) is 12.5 Å². The molecular formula is C31H25NO. The standard InChI is InChI=1S/C31H25NO/c1-24-12-20-30(21-13-24)33-31-22-18-29(19-23-31)32(27-10-6-3-7-11-27)28-16-14-26(15-17-28)25-8-4-2-5-9-25/h2-23H,1H3. The molecule has 2 nitrogen and oxygen atoms in total. The number of ether oxygens (including phenoxy) is 1. The zero-order valence-electron chi connectivity index (χ0n) is 18.6. The summed E-state index contributed by atoms with van der Waals surface area (Å²) in [6.45, 7) is 2.07. The number of hydrogen-bond acceptors (Lipinski definition) is 2. The number of para-hydroxylation sites is 1. The molecule has 0 amide bonds. The lowest BCUT2D eigenvalue weighted by atomic mass is 10.0. The largest absolute Gasteiger partial charge is 0.457 e. The SMILES string of the molecule is Cc1ccc(Oc2ccc(N(c3ccccc3)c3ccc(-c4ccccc4)cc3)cc2)cc1. The van der Waals surface area contributed by atoms with Gasteiger partial charge in [-0.25, -0.2) is 0 Å². The third-order valence-electron chi connectivity index (χ3n) is 5.60. The molecule has 0 heterocycles. The van der Waals surface area contributed by atoms with Crippen molar-refractivity contribution < 1.29 is 4.74 Å². The van der Waals surface area contributed by atoms with Gasteiger partial charge in [0.05, 0.1) is 0 Å². The fraction of sp³-hybridized carbons (Fsp3) is 0.0323. The van der Waals surface area contributed by atoms with Crippen LogP contribution in [0.1, 0.15) is 5.56 Å². The zero-order valence-corrected chi connectivity index (χ0v) is 18.6. The Hall–Kier alpha value is -4.30. The number of nitrogens with zero attached hydrogens (tertiary/aromatic N) is 1. The van der Waals surface area contributed by atoms with E-state index in [9.17, 15) is 0 Å². The van der Waals surface area contributed by atoms with Crippen LogP contribution < -0.4 is 9.64 Å².